The van der Waals surface area contributed by atoms with E-state index < -0.39 is 5.97 Å². The first-order valence-electron chi connectivity index (χ1n) is 5.51. The number of aliphatic hydroxyl groups excluding tert-OH is 1. The van der Waals surface area contributed by atoms with Gasteiger partial charge in [-0.3, -0.25) is 4.79 Å². The van der Waals surface area contributed by atoms with Crippen LogP contribution in [0.5, 0.6) is 0 Å². The summed E-state index contributed by atoms with van der Waals surface area (Å²) in [5.74, 6) is -1.29. The van der Waals surface area contributed by atoms with Gasteiger partial charge >= 0.3 is 5.97 Å². The van der Waals surface area contributed by atoms with E-state index in [1.165, 1.54) is 0 Å². The number of carbonyl (C=O) groups is 2. The molecular formula is C11H17NO4. The molecule has 1 aliphatic rings. The number of hydrogen-bond acceptors (Lipinski definition) is 3. The third-order valence-corrected chi connectivity index (χ3v) is 2.62. The summed E-state index contributed by atoms with van der Waals surface area (Å²) < 4.78 is 0. The number of hydrogen-bond donors (Lipinski definition) is 3. The molecular weight excluding hydrogens is 210 g/mol. The summed E-state index contributed by atoms with van der Waals surface area (Å²) in [5.41, 5.74) is 0.643. The molecule has 90 valence electrons. The van der Waals surface area contributed by atoms with Crippen molar-refractivity contribution in [3.05, 3.63) is 11.1 Å². The van der Waals surface area contributed by atoms with E-state index in [4.69, 9.17) is 10.2 Å². The van der Waals surface area contributed by atoms with E-state index in [1.54, 1.807) is 0 Å². The van der Waals surface area contributed by atoms with E-state index in [2.05, 4.69) is 5.32 Å². The molecule has 0 heterocycles. The van der Waals surface area contributed by atoms with Crippen molar-refractivity contribution >= 4 is 11.9 Å². The number of rotatable bonds is 5. The minimum Gasteiger partial charge on any atom is -0.478 e. The van der Waals surface area contributed by atoms with Crippen LogP contribution in [0.2, 0.25) is 0 Å². The van der Waals surface area contributed by atoms with Crippen LogP contribution in [0.15, 0.2) is 11.1 Å². The van der Waals surface area contributed by atoms with Crippen molar-refractivity contribution in [2.24, 2.45) is 0 Å². The molecule has 0 aromatic carbocycles. The molecule has 0 unspecified atom stereocenters. The fraction of sp³-hybridized carbons (Fsp3) is 0.636. The van der Waals surface area contributed by atoms with Gasteiger partial charge in [0.05, 0.1) is 0 Å². The molecule has 16 heavy (non-hydrogen) atoms. The van der Waals surface area contributed by atoms with Crippen molar-refractivity contribution in [3.8, 4) is 0 Å². The summed E-state index contributed by atoms with van der Waals surface area (Å²) in [6.45, 7) is 0.400. The van der Waals surface area contributed by atoms with E-state index in [9.17, 15) is 9.59 Å². The van der Waals surface area contributed by atoms with Gasteiger partial charge < -0.3 is 15.5 Å². The second-order valence-corrected chi connectivity index (χ2v) is 3.80. The normalized spacial score (nSPS) is 16.1. The van der Waals surface area contributed by atoms with Crippen molar-refractivity contribution in [1.29, 1.82) is 0 Å². The molecule has 0 aromatic rings. The predicted octanol–water partition coefficient (Wildman–Crippen LogP) is 0.440. The SMILES string of the molecule is O=C(O)C1=C(C(=O)NCCCO)CCCC1. The highest BCUT2D eigenvalue weighted by Gasteiger charge is 2.22. The number of nitrogens with one attached hydrogen (secondary N) is 1. The number of carboxylic acids is 1. The first-order chi connectivity index (χ1) is 7.66. The zero-order valence-corrected chi connectivity index (χ0v) is 9.16. The van der Waals surface area contributed by atoms with Gasteiger partial charge in [-0.1, -0.05) is 0 Å². The van der Waals surface area contributed by atoms with E-state index >= 15 is 0 Å². The Morgan fingerprint density at radius 2 is 1.81 bits per heavy atom. The molecule has 0 atom stereocenters. The maximum absolute atomic E-state index is 11.7. The van der Waals surface area contributed by atoms with Gasteiger partial charge in [0.15, 0.2) is 0 Å². The topological polar surface area (TPSA) is 86.6 Å². The zero-order chi connectivity index (χ0) is 12.0. The van der Waals surface area contributed by atoms with E-state index in [-0.39, 0.29) is 18.1 Å². The quantitative estimate of drug-likeness (QED) is 0.595. The summed E-state index contributed by atoms with van der Waals surface area (Å²) >= 11 is 0. The largest absolute Gasteiger partial charge is 0.478 e. The van der Waals surface area contributed by atoms with Crippen molar-refractivity contribution in [2.45, 2.75) is 32.1 Å². The standard InChI is InChI=1S/C11H17NO4/c13-7-3-6-12-10(14)8-4-1-2-5-9(8)11(15)16/h13H,1-7H2,(H,12,14)(H,15,16). The average Bonchev–Trinajstić information content (AvgIpc) is 2.29. The molecule has 3 N–H and O–H groups in total. The third kappa shape index (κ3) is 3.34. The van der Waals surface area contributed by atoms with Gasteiger partial charge in [0, 0.05) is 24.3 Å². The molecule has 0 spiro atoms. The maximum atomic E-state index is 11.7. The molecule has 1 rings (SSSR count). The molecule has 0 saturated carbocycles. The van der Waals surface area contributed by atoms with Crippen molar-refractivity contribution in [2.75, 3.05) is 13.2 Å². The number of carbonyl (C=O) groups excluding carboxylic acids is 1. The number of aliphatic hydroxyl groups is 1. The maximum Gasteiger partial charge on any atom is 0.332 e. The monoisotopic (exact) mass is 227 g/mol. The summed E-state index contributed by atoms with van der Waals surface area (Å²) in [6.07, 6.45) is 3.18. The molecule has 1 amide bonds. The number of carboxylic acid groups (broad SMARTS) is 1. The van der Waals surface area contributed by atoms with Gasteiger partial charge in [0.1, 0.15) is 0 Å². The lowest BCUT2D eigenvalue weighted by atomic mass is 9.91. The highest BCUT2D eigenvalue weighted by molar-refractivity contribution is 6.02. The molecule has 0 saturated heterocycles. The molecule has 5 nitrogen and oxygen atoms in total. The molecule has 0 bridgehead atoms. The summed E-state index contributed by atoms with van der Waals surface area (Å²) in [6, 6.07) is 0. The third-order valence-electron chi connectivity index (χ3n) is 2.62. The van der Waals surface area contributed by atoms with Crippen LogP contribution in [0, 0.1) is 0 Å². The summed E-state index contributed by atoms with van der Waals surface area (Å²) in [5, 5.41) is 20.1. The van der Waals surface area contributed by atoms with Crippen LogP contribution in [0.4, 0.5) is 0 Å². The van der Waals surface area contributed by atoms with Crippen molar-refractivity contribution < 1.29 is 19.8 Å². The van der Waals surface area contributed by atoms with Crippen LogP contribution in [0.3, 0.4) is 0 Å². The molecule has 5 heteroatoms. The van der Waals surface area contributed by atoms with Crippen LogP contribution < -0.4 is 5.32 Å². The lowest BCUT2D eigenvalue weighted by Gasteiger charge is -2.17. The van der Waals surface area contributed by atoms with Crippen LogP contribution >= 0.6 is 0 Å². The van der Waals surface area contributed by atoms with Crippen LogP contribution in [0.1, 0.15) is 32.1 Å². The van der Waals surface area contributed by atoms with Crippen LogP contribution in [-0.4, -0.2) is 35.2 Å². The first kappa shape index (κ1) is 12.7. The molecule has 0 fully saturated rings. The van der Waals surface area contributed by atoms with Gasteiger partial charge in [-0.05, 0) is 32.1 Å². The minimum absolute atomic E-state index is 0.0190. The average molecular weight is 227 g/mol. The highest BCUT2D eigenvalue weighted by atomic mass is 16.4. The minimum atomic E-state index is -0.994. The Morgan fingerprint density at radius 3 is 2.38 bits per heavy atom. The van der Waals surface area contributed by atoms with Gasteiger partial charge in [0.25, 0.3) is 0 Å². The Kier molecular flexibility index (Phi) is 4.98. The Labute approximate surface area is 94.2 Å². The lowest BCUT2D eigenvalue weighted by molar-refractivity contribution is -0.133. The molecule has 0 aromatic heterocycles. The lowest BCUT2D eigenvalue weighted by Crippen LogP contribution is -2.29. The Bertz CT molecular complexity index is 309. The predicted molar refractivity (Wildman–Crippen MR) is 57.8 cm³/mol. The second kappa shape index (κ2) is 6.27. The second-order valence-electron chi connectivity index (χ2n) is 3.80. The van der Waals surface area contributed by atoms with Gasteiger partial charge in [-0.25, -0.2) is 4.79 Å². The first-order valence-corrected chi connectivity index (χ1v) is 5.51. The molecule has 1 aliphatic carbocycles. The number of aliphatic carboxylic acids is 1. The Balaban J connectivity index is 2.66. The van der Waals surface area contributed by atoms with Crippen LogP contribution in [0.25, 0.3) is 0 Å². The van der Waals surface area contributed by atoms with Crippen molar-refractivity contribution in [3.63, 3.8) is 0 Å². The van der Waals surface area contributed by atoms with Gasteiger partial charge in [-0.2, -0.15) is 0 Å². The van der Waals surface area contributed by atoms with Gasteiger partial charge in [0.2, 0.25) is 5.91 Å². The van der Waals surface area contributed by atoms with Gasteiger partial charge in [-0.15, -0.1) is 0 Å². The van der Waals surface area contributed by atoms with E-state index in [0.29, 0.717) is 31.4 Å². The van der Waals surface area contributed by atoms with Crippen molar-refractivity contribution in [1.82, 2.24) is 5.32 Å². The van der Waals surface area contributed by atoms with E-state index in [1.807, 2.05) is 0 Å². The summed E-state index contributed by atoms with van der Waals surface area (Å²) in [4.78, 5) is 22.6. The molecule has 0 aliphatic heterocycles. The van der Waals surface area contributed by atoms with E-state index in [0.717, 1.165) is 12.8 Å². The fourth-order valence-corrected chi connectivity index (χ4v) is 1.78. The van der Waals surface area contributed by atoms with Crippen LogP contribution in [-0.2, 0) is 9.59 Å². The zero-order valence-electron chi connectivity index (χ0n) is 9.16. The summed E-state index contributed by atoms with van der Waals surface area (Å²) in [7, 11) is 0. The smallest absolute Gasteiger partial charge is 0.332 e. The highest BCUT2D eigenvalue weighted by Crippen LogP contribution is 2.24. The Morgan fingerprint density at radius 1 is 1.19 bits per heavy atom. The fourth-order valence-electron chi connectivity index (χ4n) is 1.78. The number of amides is 1. The molecule has 0 radical (unpaired) electrons. The Hall–Kier alpha value is -1.36.